The molecule has 1 N–H and O–H groups in total. The molecular formula is C16H12ClN3O3S. The first kappa shape index (κ1) is 16.4. The van der Waals surface area contributed by atoms with E-state index in [0.717, 1.165) is 11.8 Å². The number of aromatic nitrogens is 2. The summed E-state index contributed by atoms with van der Waals surface area (Å²) in [6.45, 7) is 0. The molecule has 0 fully saturated rings. The molecule has 0 aliphatic carbocycles. The van der Waals surface area contributed by atoms with Crippen LogP contribution in [0.25, 0.3) is 5.69 Å². The van der Waals surface area contributed by atoms with Gasteiger partial charge in [-0.05, 0) is 34.6 Å². The van der Waals surface area contributed by atoms with Gasteiger partial charge in [0.1, 0.15) is 0 Å². The predicted molar refractivity (Wildman–Crippen MR) is 88.3 cm³/mol. The van der Waals surface area contributed by atoms with E-state index in [4.69, 9.17) is 16.1 Å². The minimum Gasteiger partial charge on any atom is -0.538 e. The van der Waals surface area contributed by atoms with Gasteiger partial charge in [0.25, 0.3) is 5.03 Å². The van der Waals surface area contributed by atoms with Gasteiger partial charge in [0.05, 0.1) is 11.0 Å². The van der Waals surface area contributed by atoms with Crippen LogP contribution in [0.4, 0.5) is 5.69 Å². The lowest BCUT2D eigenvalue weighted by Gasteiger charge is -2.04. The maximum atomic E-state index is 12.0. The average molecular weight is 362 g/mol. The third-order valence-corrected chi connectivity index (χ3v) is 4.28. The molecule has 24 heavy (non-hydrogen) atoms. The van der Waals surface area contributed by atoms with Crippen molar-refractivity contribution in [1.29, 1.82) is 0 Å². The van der Waals surface area contributed by atoms with E-state index in [2.05, 4.69) is 10.6 Å². The average Bonchev–Trinajstić information content (AvgIpc) is 2.94. The summed E-state index contributed by atoms with van der Waals surface area (Å²) >= 11 is 6.93. The Labute approximate surface area is 147 Å². The molecule has 0 unspecified atom stereocenters. The first-order valence-electron chi connectivity index (χ1n) is 6.96. The quantitative estimate of drug-likeness (QED) is 0.557. The van der Waals surface area contributed by atoms with Crippen LogP contribution in [-0.4, -0.2) is 16.9 Å². The van der Waals surface area contributed by atoms with Gasteiger partial charge in [-0.25, -0.2) is 0 Å². The van der Waals surface area contributed by atoms with Crippen LogP contribution in [-0.2, 0) is 4.79 Å². The molecule has 0 bridgehead atoms. The summed E-state index contributed by atoms with van der Waals surface area (Å²) in [5.74, 6) is -0.808. The minimum atomic E-state index is -0.584. The zero-order chi connectivity index (χ0) is 16.9. The summed E-state index contributed by atoms with van der Waals surface area (Å²) in [4.78, 5) is 12.0. The number of rotatable bonds is 5. The smallest absolute Gasteiger partial charge is 0.298 e. The van der Waals surface area contributed by atoms with Crippen LogP contribution < -0.4 is 15.1 Å². The number of anilines is 1. The highest BCUT2D eigenvalue weighted by atomic mass is 35.5. The molecule has 0 aliphatic rings. The molecule has 0 atom stereocenters. The second-order valence-electron chi connectivity index (χ2n) is 4.76. The van der Waals surface area contributed by atoms with Crippen LogP contribution in [0.2, 0.25) is 5.02 Å². The van der Waals surface area contributed by atoms with E-state index in [1.807, 2.05) is 18.2 Å². The lowest BCUT2D eigenvalue weighted by atomic mass is 10.3. The van der Waals surface area contributed by atoms with Gasteiger partial charge in [0.15, 0.2) is 5.95 Å². The molecule has 0 radical (unpaired) electrons. The lowest BCUT2D eigenvalue weighted by molar-refractivity contribution is -0.705. The number of carbonyl (C=O) groups is 1. The summed E-state index contributed by atoms with van der Waals surface area (Å²) in [5, 5.41) is 19.0. The number of hydrogen-bond acceptors (Lipinski definition) is 5. The number of hydrogen-bond donors (Lipinski definition) is 1. The van der Waals surface area contributed by atoms with Gasteiger partial charge in [-0.1, -0.05) is 35.9 Å². The number of thioether (sulfide) groups is 1. The fourth-order valence-electron chi connectivity index (χ4n) is 1.99. The third-order valence-electron chi connectivity index (χ3n) is 3.02. The molecule has 0 aliphatic heterocycles. The summed E-state index contributed by atoms with van der Waals surface area (Å²) in [5.41, 5.74) is 1.28. The van der Waals surface area contributed by atoms with E-state index in [1.165, 1.54) is 4.68 Å². The number of nitrogens with one attached hydrogen (secondary N) is 1. The summed E-state index contributed by atoms with van der Waals surface area (Å²) in [6, 6.07) is 15.9. The van der Waals surface area contributed by atoms with Crippen LogP contribution in [0.5, 0.6) is 5.95 Å². The Balaban J connectivity index is 1.69. The zero-order valence-electron chi connectivity index (χ0n) is 12.3. The molecule has 2 aromatic carbocycles. The maximum Gasteiger partial charge on any atom is 0.298 e. The van der Waals surface area contributed by atoms with Crippen molar-refractivity contribution in [3.05, 3.63) is 59.6 Å². The fraction of sp³-hybridized carbons (Fsp3) is 0.0625. The molecule has 6 nitrogen and oxygen atoms in total. The summed E-state index contributed by atoms with van der Waals surface area (Å²) in [7, 11) is 0. The Kier molecular flexibility index (Phi) is 5.02. The highest BCUT2D eigenvalue weighted by molar-refractivity contribution is 7.99. The standard InChI is InChI=1S/C16H12ClN3O3S/c17-11-5-4-6-12(9-11)18-14(21)10-24-15-16(22)23-19-20(15)13-7-2-1-3-8-13/h1-9H,10H2,(H-,18,19,21,22). The van der Waals surface area contributed by atoms with Crippen molar-refractivity contribution in [3.8, 4) is 11.6 Å². The van der Waals surface area contributed by atoms with Gasteiger partial charge in [0.2, 0.25) is 11.6 Å². The Bertz CT molecular complexity index is 855. The first-order chi connectivity index (χ1) is 11.6. The molecule has 3 aromatic rings. The number of para-hydroxylation sites is 1. The number of halogens is 1. The third kappa shape index (κ3) is 3.87. The lowest BCUT2D eigenvalue weighted by Crippen LogP contribution is -2.35. The van der Waals surface area contributed by atoms with Crippen LogP contribution in [0.15, 0.2) is 64.1 Å². The maximum absolute atomic E-state index is 12.0. The highest BCUT2D eigenvalue weighted by Gasteiger charge is 2.21. The Hall–Kier alpha value is -2.51. The van der Waals surface area contributed by atoms with E-state index in [1.54, 1.807) is 36.4 Å². The number of benzene rings is 2. The first-order valence-corrected chi connectivity index (χ1v) is 8.32. The van der Waals surface area contributed by atoms with Gasteiger partial charge in [-0.15, -0.1) is 0 Å². The van der Waals surface area contributed by atoms with Crippen molar-refractivity contribution in [2.75, 3.05) is 11.1 Å². The fourth-order valence-corrected chi connectivity index (χ4v) is 2.94. The van der Waals surface area contributed by atoms with Gasteiger partial charge in [0, 0.05) is 22.8 Å². The minimum absolute atomic E-state index is 0.0375. The number of nitrogens with zero attached hydrogens (tertiary/aromatic N) is 2. The molecular weight excluding hydrogens is 350 g/mol. The number of carbonyl (C=O) groups excluding carboxylic acids is 1. The molecule has 8 heteroatoms. The van der Waals surface area contributed by atoms with Crippen molar-refractivity contribution >= 4 is 35.0 Å². The predicted octanol–water partition coefficient (Wildman–Crippen LogP) is 2.41. The van der Waals surface area contributed by atoms with Crippen molar-refractivity contribution in [1.82, 2.24) is 5.27 Å². The molecule has 0 spiro atoms. The normalized spacial score (nSPS) is 10.5. The molecule has 1 heterocycles. The highest BCUT2D eigenvalue weighted by Crippen LogP contribution is 2.23. The van der Waals surface area contributed by atoms with Crippen LogP contribution in [0.3, 0.4) is 0 Å². The van der Waals surface area contributed by atoms with E-state index in [9.17, 15) is 9.90 Å². The van der Waals surface area contributed by atoms with Crippen molar-refractivity contribution in [2.24, 2.45) is 0 Å². The van der Waals surface area contributed by atoms with Crippen molar-refractivity contribution in [2.45, 2.75) is 5.03 Å². The summed E-state index contributed by atoms with van der Waals surface area (Å²) < 4.78 is 6.08. The molecule has 3 rings (SSSR count). The SMILES string of the molecule is O=C(CSc1c([O-])on[n+]1-c1ccccc1)Nc1cccc(Cl)c1. The number of amides is 1. The van der Waals surface area contributed by atoms with Crippen molar-refractivity contribution < 1.29 is 19.1 Å². The van der Waals surface area contributed by atoms with Crippen LogP contribution in [0.1, 0.15) is 0 Å². The van der Waals surface area contributed by atoms with E-state index in [0.29, 0.717) is 16.4 Å². The van der Waals surface area contributed by atoms with Gasteiger partial charge in [-0.3, -0.25) is 4.79 Å². The van der Waals surface area contributed by atoms with E-state index in [-0.39, 0.29) is 16.7 Å². The van der Waals surface area contributed by atoms with Crippen LogP contribution in [0, 0.1) is 0 Å². The monoisotopic (exact) mass is 361 g/mol. The molecule has 0 saturated carbocycles. The largest absolute Gasteiger partial charge is 0.538 e. The Morgan fingerprint density at radius 1 is 1.25 bits per heavy atom. The van der Waals surface area contributed by atoms with Gasteiger partial charge >= 0.3 is 0 Å². The van der Waals surface area contributed by atoms with Crippen molar-refractivity contribution in [3.63, 3.8) is 0 Å². The Morgan fingerprint density at radius 2 is 2.04 bits per heavy atom. The molecule has 1 amide bonds. The summed E-state index contributed by atoms with van der Waals surface area (Å²) in [6.07, 6.45) is 0. The topological polar surface area (TPSA) is 82.1 Å². The van der Waals surface area contributed by atoms with Crippen LogP contribution >= 0.6 is 23.4 Å². The molecule has 0 saturated heterocycles. The van der Waals surface area contributed by atoms with E-state index >= 15 is 0 Å². The Morgan fingerprint density at radius 3 is 2.79 bits per heavy atom. The second-order valence-corrected chi connectivity index (χ2v) is 6.16. The second kappa shape index (κ2) is 7.37. The van der Waals surface area contributed by atoms with E-state index < -0.39 is 5.95 Å². The van der Waals surface area contributed by atoms with Gasteiger partial charge in [-0.2, -0.15) is 0 Å². The van der Waals surface area contributed by atoms with Gasteiger partial charge < -0.3 is 14.9 Å². The molecule has 122 valence electrons. The zero-order valence-corrected chi connectivity index (χ0v) is 13.9. The molecule has 1 aromatic heterocycles.